The van der Waals surface area contributed by atoms with Gasteiger partial charge in [0, 0.05) is 10.7 Å². The highest BCUT2D eigenvalue weighted by Crippen LogP contribution is 2.37. The van der Waals surface area contributed by atoms with Crippen molar-refractivity contribution in [2.45, 2.75) is 0 Å². The topological polar surface area (TPSA) is 136 Å². The summed E-state index contributed by atoms with van der Waals surface area (Å²) in [7, 11) is 0. The molecule has 0 saturated carbocycles. The number of para-hydroxylation sites is 2. The van der Waals surface area contributed by atoms with Gasteiger partial charge in [0.05, 0.1) is 27.3 Å². The fraction of sp³-hybridized carbons (Fsp3) is 0. The molecule has 0 aliphatic heterocycles. The van der Waals surface area contributed by atoms with Crippen LogP contribution >= 0.6 is 11.6 Å². The van der Waals surface area contributed by atoms with Crippen LogP contribution in [0.15, 0.2) is 60.7 Å². The van der Waals surface area contributed by atoms with E-state index < -0.39 is 21.2 Å². The summed E-state index contributed by atoms with van der Waals surface area (Å²) < 4.78 is 0. The summed E-state index contributed by atoms with van der Waals surface area (Å²) in [5, 5.41) is 29.1. The second-order valence-corrected chi connectivity index (χ2v) is 6.18. The number of halogens is 1. The number of nitrogens with zero attached hydrogens (tertiary/aromatic N) is 2. The van der Waals surface area contributed by atoms with Crippen LogP contribution in [0.25, 0.3) is 0 Å². The van der Waals surface area contributed by atoms with Gasteiger partial charge in [-0.3, -0.25) is 20.2 Å². The zero-order chi connectivity index (χ0) is 20.3. The lowest BCUT2D eigenvalue weighted by molar-refractivity contribution is -0.393. The molecule has 0 saturated heterocycles. The molecule has 0 aliphatic carbocycles. The smallest absolute Gasteiger partial charge is 0.299 e. The maximum absolute atomic E-state index is 11.4. The van der Waals surface area contributed by atoms with E-state index in [2.05, 4.69) is 10.6 Å². The number of nitrogen functional groups attached to an aromatic ring is 1. The predicted molar refractivity (Wildman–Crippen MR) is 109 cm³/mol. The minimum Gasteiger partial charge on any atom is -0.393 e. The first-order valence-corrected chi connectivity index (χ1v) is 8.34. The van der Waals surface area contributed by atoms with Crippen molar-refractivity contribution in [3.63, 3.8) is 0 Å². The molecular formula is C18H14ClN5O4. The van der Waals surface area contributed by atoms with E-state index in [0.717, 1.165) is 11.8 Å². The molecule has 4 N–H and O–H groups in total. The predicted octanol–water partition coefficient (Wildman–Crippen LogP) is 5.23. The number of nitrogens with two attached hydrogens (primary N) is 1. The molecule has 28 heavy (non-hydrogen) atoms. The largest absolute Gasteiger partial charge is 0.393 e. The van der Waals surface area contributed by atoms with E-state index >= 15 is 0 Å². The summed E-state index contributed by atoms with van der Waals surface area (Å²) in [5.74, 6) is 0. The van der Waals surface area contributed by atoms with Crippen molar-refractivity contribution in [1.82, 2.24) is 0 Å². The molecule has 0 aromatic heterocycles. The molecule has 142 valence electrons. The fourth-order valence-electron chi connectivity index (χ4n) is 2.54. The molecule has 0 heterocycles. The maximum Gasteiger partial charge on any atom is 0.299 e. The van der Waals surface area contributed by atoms with E-state index in [1.807, 2.05) is 0 Å². The molecule has 9 nitrogen and oxygen atoms in total. The van der Waals surface area contributed by atoms with Gasteiger partial charge in [0.2, 0.25) is 0 Å². The highest BCUT2D eigenvalue weighted by atomic mass is 35.5. The van der Waals surface area contributed by atoms with Crippen molar-refractivity contribution < 1.29 is 9.85 Å². The summed E-state index contributed by atoms with van der Waals surface area (Å²) in [6.45, 7) is 0. The van der Waals surface area contributed by atoms with Crippen molar-refractivity contribution in [3.05, 3.63) is 85.9 Å². The molecule has 3 rings (SSSR count). The third-order valence-electron chi connectivity index (χ3n) is 3.86. The van der Waals surface area contributed by atoms with Crippen LogP contribution in [0.4, 0.5) is 39.8 Å². The molecule has 0 bridgehead atoms. The summed E-state index contributed by atoms with van der Waals surface area (Å²) in [4.78, 5) is 20.9. The Morgan fingerprint density at radius 3 is 1.93 bits per heavy atom. The van der Waals surface area contributed by atoms with Gasteiger partial charge in [0.25, 0.3) is 11.4 Å². The van der Waals surface area contributed by atoms with E-state index in [9.17, 15) is 20.2 Å². The van der Waals surface area contributed by atoms with E-state index in [0.29, 0.717) is 16.4 Å². The van der Waals surface area contributed by atoms with Crippen LogP contribution in [0.1, 0.15) is 0 Å². The first-order valence-electron chi connectivity index (χ1n) is 7.96. The summed E-state index contributed by atoms with van der Waals surface area (Å²) in [6.07, 6.45) is 0. The number of anilines is 5. The van der Waals surface area contributed by atoms with Crippen LogP contribution < -0.4 is 16.4 Å². The lowest BCUT2D eigenvalue weighted by Crippen LogP contribution is -2.03. The van der Waals surface area contributed by atoms with Gasteiger partial charge in [0.1, 0.15) is 11.4 Å². The molecule has 0 aliphatic rings. The Kier molecular flexibility index (Phi) is 5.28. The second kappa shape index (κ2) is 7.80. The molecule has 0 fully saturated rings. The molecule has 0 atom stereocenters. The van der Waals surface area contributed by atoms with E-state index in [4.69, 9.17) is 17.3 Å². The number of hydrogen-bond acceptors (Lipinski definition) is 7. The summed E-state index contributed by atoms with van der Waals surface area (Å²) in [6, 6.07) is 16.1. The van der Waals surface area contributed by atoms with Crippen LogP contribution in [-0.4, -0.2) is 9.85 Å². The first kappa shape index (κ1) is 18.9. The van der Waals surface area contributed by atoms with Gasteiger partial charge in [-0.25, -0.2) is 0 Å². The van der Waals surface area contributed by atoms with Gasteiger partial charge >= 0.3 is 0 Å². The summed E-state index contributed by atoms with van der Waals surface area (Å²) >= 11 is 5.89. The first-order chi connectivity index (χ1) is 13.3. The minimum atomic E-state index is -0.762. The van der Waals surface area contributed by atoms with Crippen LogP contribution in [0.5, 0.6) is 0 Å². The quantitative estimate of drug-likeness (QED) is 0.293. The average molecular weight is 400 g/mol. The molecule has 0 radical (unpaired) electrons. The molecule has 3 aromatic rings. The Morgan fingerprint density at radius 1 is 0.786 bits per heavy atom. The lowest BCUT2D eigenvalue weighted by Gasteiger charge is -2.14. The van der Waals surface area contributed by atoms with Gasteiger partial charge in [0.15, 0.2) is 0 Å². The van der Waals surface area contributed by atoms with E-state index in [1.165, 1.54) is 6.07 Å². The Balaban J connectivity index is 1.98. The number of benzene rings is 3. The fourth-order valence-corrected chi connectivity index (χ4v) is 2.66. The molecule has 0 spiro atoms. The number of nitro benzene ring substituents is 2. The maximum atomic E-state index is 11.4. The molecular weight excluding hydrogens is 386 g/mol. The lowest BCUT2D eigenvalue weighted by atomic mass is 10.2. The standard InChI is InChI=1S/C18H14ClN5O4/c19-11-5-7-12(8-6-11)21-14-3-1-2-4-15(14)22-16-9-13(20)17(23(25)26)10-18(16)24(27)28/h1-10,21-22H,20H2. The normalized spacial score (nSPS) is 10.3. The molecule has 3 aromatic carbocycles. The third kappa shape index (κ3) is 4.10. The number of nitro groups is 2. The highest BCUT2D eigenvalue weighted by Gasteiger charge is 2.23. The van der Waals surface area contributed by atoms with Crippen LogP contribution in [0, 0.1) is 20.2 Å². The molecule has 10 heteroatoms. The van der Waals surface area contributed by atoms with Crippen molar-refractivity contribution in [3.8, 4) is 0 Å². The van der Waals surface area contributed by atoms with Crippen molar-refractivity contribution in [2.24, 2.45) is 0 Å². The van der Waals surface area contributed by atoms with Gasteiger partial charge in [-0.05, 0) is 42.5 Å². The van der Waals surface area contributed by atoms with E-state index in [1.54, 1.807) is 48.5 Å². The Morgan fingerprint density at radius 2 is 1.36 bits per heavy atom. The van der Waals surface area contributed by atoms with Crippen LogP contribution in [0.3, 0.4) is 0 Å². The summed E-state index contributed by atoms with van der Waals surface area (Å²) in [5.41, 5.74) is 6.49. The number of hydrogen-bond donors (Lipinski definition) is 3. The minimum absolute atomic E-state index is 0.0402. The molecule has 0 amide bonds. The SMILES string of the molecule is Nc1cc(Nc2ccccc2Nc2ccc(Cl)cc2)c([N+](=O)[O-])cc1[N+](=O)[O-]. The second-order valence-electron chi connectivity index (χ2n) is 5.74. The van der Waals surface area contributed by atoms with Gasteiger partial charge < -0.3 is 16.4 Å². The van der Waals surface area contributed by atoms with Gasteiger partial charge in [-0.15, -0.1) is 0 Å². The third-order valence-corrected chi connectivity index (χ3v) is 4.11. The van der Waals surface area contributed by atoms with E-state index in [-0.39, 0.29) is 11.4 Å². The van der Waals surface area contributed by atoms with Crippen molar-refractivity contribution in [1.29, 1.82) is 0 Å². The Hall–Kier alpha value is -3.85. The highest BCUT2D eigenvalue weighted by molar-refractivity contribution is 6.30. The zero-order valence-electron chi connectivity index (χ0n) is 14.3. The van der Waals surface area contributed by atoms with Crippen LogP contribution in [-0.2, 0) is 0 Å². The van der Waals surface area contributed by atoms with Crippen molar-refractivity contribution in [2.75, 3.05) is 16.4 Å². The van der Waals surface area contributed by atoms with Gasteiger partial charge in [-0.1, -0.05) is 23.7 Å². The number of rotatable bonds is 6. The zero-order valence-corrected chi connectivity index (χ0v) is 15.0. The monoisotopic (exact) mass is 399 g/mol. The Labute approximate surface area is 164 Å². The van der Waals surface area contributed by atoms with Gasteiger partial charge in [-0.2, -0.15) is 0 Å². The molecule has 0 unspecified atom stereocenters. The van der Waals surface area contributed by atoms with Crippen molar-refractivity contribution >= 4 is 51.4 Å². The average Bonchev–Trinajstić information content (AvgIpc) is 2.64. The Bertz CT molecular complexity index is 1060. The van der Waals surface area contributed by atoms with Crippen LogP contribution in [0.2, 0.25) is 5.02 Å². The number of nitrogens with one attached hydrogen (secondary N) is 2.